The number of aromatic nitrogens is 1. The number of rotatable bonds is 4. The molecule has 140 valence electrons. The maximum atomic E-state index is 12.3. The quantitative estimate of drug-likeness (QED) is 0.783. The van der Waals surface area contributed by atoms with E-state index in [4.69, 9.17) is 27.9 Å². The minimum absolute atomic E-state index is 0.0334. The predicted molar refractivity (Wildman–Crippen MR) is 97.1 cm³/mol. The second kappa shape index (κ2) is 7.92. The third-order valence-corrected chi connectivity index (χ3v) is 5.76. The number of anilines is 1. The van der Waals surface area contributed by atoms with Gasteiger partial charge < -0.3 is 10.1 Å². The number of hydrogen-bond donors (Lipinski definition) is 1. The third-order valence-electron chi connectivity index (χ3n) is 5.09. The summed E-state index contributed by atoms with van der Waals surface area (Å²) in [5, 5.41) is 3.12. The molecule has 8 heteroatoms. The molecular formula is C18H20Cl2N2O4. The maximum Gasteiger partial charge on any atom is 0.309 e. The molecule has 1 heterocycles. The zero-order chi connectivity index (χ0) is 18.8. The molecule has 2 saturated carbocycles. The number of esters is 1. The Hall–Kier alpha value is -1.66. The van der Waals surface area contributed by atoms with Crippen LogP contribution in [-0.4, -0.2) is 29.3 Å². The highest BCUT2D eigenvalue weighted by Crippen LogP contribution is 2.40. The maximum absolute atomic E-state index is 12.3. The third kappa shape index (κ3) is 4.18. The number of nitrogens with one attached hydrogen (secondary N) is 1. The van der Waals surface area contributed by atoms with Crippen molar-refractivity contribution >= 4 is 46.7 Å². The number of nitrogens with zero attached hydrogens (tertiary/aromatic N) is 1. The molecule has 0 saturated heterocycles. The van der Waals surface area contributed by atoms with Gasteiger partial charge in [0.05, 0.1) is 21.7 Å². The minimum atomic E-state index is -0.526. The van der Waals surface area contributed by atoms with Crippen molar-refractivity contribution < 1.29 is 19.1 Å². The van der Waals surface area contributed by atoms with Crippen LogP contribution in [0.5, 0.6) is 0 Å². The van der Waals surface area contributed by atoms with Crippen molar-refractivity contribution in [2.24, 2.45) is 17.8 Å². The van der Waals surface area contributed by atoms with Crippen LogP contribution in [0.2, 0.25) is 10.0 Å². The van der Waals surface area contributed by atoms with Crippen LogP contribution in [0.25, 0.3) is 0 Å². The summed E-state index contributed by atoms with van der Waals surface area (Å²) >= 11 is 11.9. The van der Waals surface area contributed by atoms with Gasteiger partial charge in [-0.1, -0.05) is 29.6 Å². The largest absolute Gasteiger partial charge is 0.455 e. The van der Waals surface area contributed by atoms with Crippen molar-refractivity contribution in [1.82, 2.24) is 4.98 Å². The van der Waals surface area contributed by atoms with E-state index < -0.39 is 18.5 Å². The first-order chi connectivity index (χ1) is 12.3. The SMILES string of the molecule is Cc1nc(NC(=O)COC(=O)C2C[C@H]3CCC[C@@H](C2)C3=O)c(Cl)cc1Cl. The van der Waals surface area contributed by atoms with Crippen molar-refractivity contribution in [3.05, 3.63) is 21.8 Å². The number of amides is 1. The normalized spacial score (nSPS) is 24.9. The van der Waals surface area contributed by atoms with Gasteiger partial charge in [-0.05, 0) is 38.7 Å². The second-order valence-corrected chi connectivity index (χ2v) is 7.75. The van der Waals surface area contributed by atoms with Crippen LogP contribution >= 0.6 is 23.2 Å². The molecule has 2 aliphatic rings. The van der Waals surface area contributed by atoms with Crippen LogP contribution in [0.3, 0.4) is 0 Å². The lowest BCUT2D eigenvalue weighted by Gasteiger charge is -2.36. The lowest BCUT2D eigenvalue weighted by molar-refractivity contribution is -0.155. The molecule has 1 N–H and O–H groups in total. The molecule has 2 bridgehead atoms. The van der Waals surface area contributed by atoms with Crippen molar-refractivity contribution in [3.8, 4) is 0 Å². The van der Waals surface area contributed by atoms with E-state index in [1.54, 1.807) is 6.92 Å². The molecule has 1 aromatic rings. The fourth-order valence-corrected chi connectivity index (χ4v) is 4.15. The molecule has 0 aromatic carbocycles. The van der Waals surface area contributed by atoms with Crippen molar-refractivity contribution in [3.63, 3.8) is 0 Å². The number of ketones is 1. The molecular weight excluding hydrogens is 379 g/mol. The fourth-order valence-electron chi connectivity index (χ4n) is 3.74. The molecule has 1 aromatic heterocycles. The summed E-state index contributed by atoms with van der Waals surface area (Å²) in [4.78, 5) is 40.5. The van der Waals surface area contributed by atoms with Crippen LogP contribution in [0, 0.1) is 24.7 Å². The summed E-state index contributed by atoms with van der Waals surface area (Å²) in [6.45, 7) is 1.27. The van der Waals surface area contributed by atoms with Crippen LogP contribution in [0.15, 0.2) is 6.07 Å². The zero-order valence-electron chi connectivity index (χ0n) is 14.4. The Kier molecular flexibility index (Phi) is 5.82. The molecule has 2 fully saturated rings. The van der Waals surface area contributed by atoms with E-state index in [-0.39, 0.29) is 34.4 Å². The first-order valence-electron chi connectivity index (χ1n) is 8.68. The van der Waals surface area contributed by atoms with Crippen LogP contribution in [0.4, 0.5) is 5.82 Å². The Balaban J connectivity index is 1.52. The van der Waals surface area contributed by atoms with E-state index in [0.717, 1.165) is 19.3 Å². The summed E-state index contributed by atoms with van der Waals surface area (Å²) in [5.74, 6) is -0.861. The molecule has 3 atom stereocenters. The summed E-state index contributed by atoms with van der Waals surface area (Å²) in [5.41, 5.74) is 0.529. The second-order valence-electron chi connectivity index (χ2n) is 6.94. The van der Waals surface area contributed by atoms with Gasteiger partial charge >= 0.3 is 5.97 Å². The highest BCUT2D eigenvalue weighted by Gasteiger charge is 2.41. The minimum Gasteiger partial charge on any atom is -0.455 e. The Morgan fingerprint density at radius 1 is 1.23 bits per heavy atom. The molecule has 1 amide bonds. The highest BCUT2D eigenvalue weighted by atomic mass is 35.5. The molecule has 26 heavy (non-hydrogen) atoms. The van der Waals surface area contributed by atoms with E-state index >= 15 is 0 Å². The number of ether oxygens (including phenoxy) is 1. The Morgan fingerprint density at radius 2 is 1.88 bits per heavy atom. The number of carbonyl (C=O) groups excluding carboxylic acids is 3. The average molecular weight is 399 g/mol. The fraction of sp³-hybridized carbons (Fsp3) is 0.556. The first kappa shape index (κ1) is 19.1. The number of fused-ring (bicyclic) bond motifs is 2. The van der Waals surface area contributed by atoms with E-state index in [0.29, 0.717) is 23.6 Å². The molecule has 0 radical (unpaired) electrons. The highest BCUT2D eigenvalue weighted by molar-refractivity contribution is 6.36. The molecule has 0 aliphatic heterocycles. The number of carbonyl (C=O) groups is 3. The zero-order valence-corrected chi connectivity index (χ0v) is 15.9. The van der Waals surface area contributed by atoms with Gasteiger partial charge in [-0.2, -0.15) is 0 Å². The van der Waals surface area contributed by atoms with Gasteiger partial charge in [0, 0.05) is 11.8 Å². The van der Waals surface area contributed by atoms with Gasteiger partial charge in [0.25, 0.3) is 5.91 Å². The first-order valence-corrected chi connectivity index (χ1v) is 9.43. The summed E-state index contributed by atoms with van der Waals surface area (Å²) in [6, 6.07) is 1.49. The standard InChI is InChI=1S/C18H20Cl2N2O4/c1-9-13(19)7-14(20)17(21-9)22-15(23)8-26-18(25)12-5-10-3-2-4-11(6-12)16(10)24/h7,10-12H,2-6,8H2,1H3,(H,21,22,23)/t10-,11+,12?. The smallest absolute Gasteiger partial charge is 0.309 e. The topological polar surface area (TPSA) is 85.4 Å². The molecule has 3 rings (SSSR count). The lowest BCUT2D eigenvalue weighted by atomic mass is 9.67. The van der Waals surface area contributed by atoms with Gasteiger partial charge in [0.15, 0.2) is 12.4 Å². The van der Waals surface area contributed by atoms with Crippen molar-refractivity contribution in [1.29, 1.82) is 0 Å². The van der Waals surface area contributed by atoms with Gasteiger partial charge in [-0.15, -0.1) is 0 Å². The van der Waals surface area contributed by atoms with Gasteiger partial charge in [-0.25, -0.2) is 4.98 Å². The van der Waals surface area contributed by atoms with Crippen LogP contribution < -0.4 is 5.32 Å². The van der Waals surface area contributed by atoms with Gasteiger partial charge in [-0.3, -0.25) is 14.4 Å². The monoisotopic (exact) mass is 398 g/mol. The number of Topliss-reactive ketones (excluding diaryl/α,β-unsaturated/α-hetero) is 1. The molecule has 1 unspecified atom stereocenters. The Morgan fingerprint density at radius 3 is 2.54 bits per heavy atom. The number of aryl methyl sites for hydroxylation is 1. The number of hydrogen-bond acceptors (Lipinski definition) is 5. The predicted octanol–water partition coefficient (Wildman–Crippen LogP) is 3.57. The summed E-state index contributed by atoms with van der Waals surface area (Å²) in [7, 11) is 0. The van der Waals surface area contributed by atoms with Gasteiger partial charge in [0.2, 0.25) is 0 Å². The van der Waals surface area contributed by atoms with Crippen molar-refractivity contribution in [2.45, 2.75) is 39.0 Å². The lowest BCUT2D eigenvalue weighted by Crippen LogP contribution is -2.40. The molecule has 2 aliphatic carbocycles. The Labute approximate surface area is 161 Å². The van der Waals surface area contributed by atoms with Crippen molar-refractivity contribution in [2.75, 3.05) is 11.9 Å². The average Bonchev–Trinajstić information content (AvgIpc) is 2.57. The van der Waals surface area contributed by atoms with E-state index in [9.17, 15) is 14.4 Å². The Bertz CT molecular complexity index is 737. The van der Waals surface area contributed by atoms with E-state index in [1.165, 1.54) is 6.07 Å². The van der Waals surface area contributed by atoms with Crippen LogP contribution in [0.1, 0.15) is 37.8 Å². The van der Waals surface area contributed by atoms with E-state index in [1.807, 2.05) is 0 Å². The van der Waals surface area contributed by atoms with Gasteiger partial charge in [0.1, 0.15) is 5.78 Å². The summed E-state index contributed by atoms with van der Waals surface area (Å²) < 4.78 is 5.15. The number of pyridine rings is 1. The summed E-state index contributed by atoms with van der Waals surface area (Å²) in [6.07, 6.45) is 3.79. The number of halogens is 2. The molecule has 0 spiro atoms. The van der Waals surface area contributed by atoms with Crippen LogP contribution in [-0.2, 0) is 19.1 Å². The van der Waals surface area contributed by atoms with E-state index in [2.05, 4.69) is 10.3 Å². The molecule has 6 nitrogen and oxygen atoms in total.